The minimum Gasteiger partial charge on any atom is -0.362 e. The molecule has 0 aromatic heterocycles. The smallest absolute Gasteiger partial charge is 0.0872 e. The van der Waals surface area contributed by atoms with E-state index in [-0.39, 0.29) is 0 Å². The first kappa shape index (κ1) is 8.35. The van der Waals surface area contributed by atoms with E-state index in [0.29, 0.717) is 9.97 Å². The second-order valence-corrected chi connectivity index (χ2v) is 4.61. The number of alkyl halides is 1. The van der Waals surface area contributed by atoms with Crippen LogP contribution in [0.5, 0.6) is 0 Å². The fourth-order valence-corrected chi connectivity index (χ4v) is 2.50. The molecule has 0 N–H and O–H groups in total. The van der Waals surface area contributed by atoms with Gasteiger partial charge in [0, 0.05) is 18.7 Å². The molecular weight excluding hydrogens is 261 g/mol. The molecule has 2 rings (SSSR count). The lowest BCUT2D eigenvalue weighted by atomic mass is 10.0. The molecule has 1 aromatic rings. The molecule has 2 heteroatoms. The van der Waals surface area contributed by atoms with Gasteiger partial charge in [0.05, 0.1) is 4.05 Å². The van der Waals surface area contributed by atoms with E-state index in [1.165, 1.54) is 11.3 Å². The molecule has 1 nitrogen and oxygen atoms in total. The summed E-state index contributed by atoms with van der Waals surface area (Å²) in [5, 5.41) is 0. The summed E-state index contributed by atoms with van der Waals surface area (Å²) in [7, 11) is 2.17. The highest BCUT2D eigenvalue weighted by molar-refractivity contribution is 14.1. The molecule has 1 aromatic carbocycles. The molecule has 0 fully saturated rings. The van der Waals surface area contributed by atoms with E-state index in [2.05, 4.69) is 65.7 Å². The second-order valence-electron chi connectivity index (χ2n) is 3.33. The summed E-state index contributed by atoms with van der Waals surface area (Å²) in [4.78, 5) is 2.35. The monoisotopic (exact) mass is 273 g/mol. The Morgan fingerprint density at radius 1 is 1.33 bits per heavy atom. The topological polar surface area (TPSA) is 3.24 Å². The third kappa shape index (κ3) is 1.04. The van der Waals surface area contributed by atoms with Crippen LogP contribution in [-0.2, 0) is 0 Å². The zero-order chi connectivity index (χ0) is 8.72. The van der Waals surface area contributed by atoms with Gasteiger partial charge in [0.15, 0.2) is 0 Å². The summed E-state index contributed by atoms with van der Waals surface area (Å²) in [5.74, 6) is 0.659. The van der Waals surface area contributed by atoms with E-state index in [4.69, 9.17) is 0 Å². The van der Waals surface area contributed by atoms with Crippen molar-refractivity contribution >= 4 is 28.3 Å². The highest BCUT2D eigenvalue weighted by Crippen LogP contribution is 2.41. The van der Waals surface area contributed by atoms with Gasteiger partial charge in [0.2, 0.25) is 0 Å². The van der Waals surface area contributed by atoms with Crippen molar-refractivity contribution in [1.82, 2.24) is 0 Å². The third-order valence-electron chi connectivity index (χ3n) is 2.59. The van der Waals surface area contributed by atoms with Crippen molar-refractivity contribution in [3.8, 4) is 0 Å². The zero-order valence-electron chi connectivity index (χ0n) is 7.29. The maximum Gasteiger partial charge on any atom is 0.0872 e. The quantitative estimate of drug-likeness (QED) is 0.399. The number of fused-ring (bicyclic) bond motifs is 1. The Labute approximate surface area is 86.9 Å². The molecule has 1 aliphatic heterocycles. The van der Waals surface area contributed by atoms with Gasteiger partial charge in [-0.3, -0.25) is 0 Å². The third-order valence-corrected chi connectivity index (χ3v) is 4.50. The van der Waals surface area contributed by atoms with Crippen molar-refractivity contribution in [2.75, 3.05) is 11.9 Å². The first-order valence-corrected chi connectivity index (χ1v) is 5.42. The van der Waals surface area contributed by atoms with Gasteiger partial charge in [-0.05, 0) is 11.6 Å². The Balaban J connectivity index is 2.52. The number of nitrogens with zero attached hydrogens (tertiary/aromatic N) is 1. The lowest BCUT2D eigenvalue weighted by Crippen LogP contribution is -2.22. The molecule has 0 amide bonds. The molecule has 1 aliphatic rings. The number of halogens is 1. The Bertz CT molecular complexity index is 269. The maximum atomic E-state index is 2.51. The normalized spacial score (nSPS) is 27.4. The van der Waals surface area contributed by atoms with Crippen molar-refractivity contribution in [2.24, 2.45) is 0 Å². The van der Waals surface area contributed by atoms with Gasteiger partial charge < -0.3 is 4.90 Å². The van der Waals surface area contributed by atoms with E-state index in [0.717, 1.165) is 0 Å². The fourth-order valence-electron chi connectivity index (χ4n) is 1.81. The van der Waals surface area contributed by atoms with Gasteiger partial charge in [0.25, 0.3) is 0 Å². The van der Waals surface area contributed by atoms with Gasteiger partial charge in [0.1, 0.15) is 0 Å². The van der Waals surface area contributed by atoms with E-state index >= 15 is 0 Å². The van der Waals surface area contributed by atoms with E-state index < -0.39 is 0 Å². The molecule has 1 unspecified atom stereocenters. The molecule has 2 atom stereocenters. The summed E-state index contributed by atoms with van der Waals surface area (Å²) < 4.78 is 0.611. The first-order chi connectivity index (χ1) is 5.72. The number of hydrogen-bond acceptors (Lipinski definition) is 1. The second kappa shape index (κ2) is 2.91. The van der Waals surface area contributed by atoms with Crippen LogP contribution in [0.1, 0.15) is 18.4 Å². The van der Waals surface area contributed by atoms with Gasteiger partial charge >= 0.3 is 0 Å². The summed E-state index contributed by atoms with van der Waals surface area (Å²) in [5.41, 5.74) is 2.88. The summed E-state index contributed by atoms with van der Waals surface area (Å²) in [6.07, 6.45) is 0. The molecule has 0 aliphatic carbocycles. The predicted molar refractivity (Wildman–Crippen MR) is 61.1 cm³/mol. The van der Waals surface area contributed by atoms with Crippen LogP contribution in [-0.4, -0.2) is 11.1 Å². The first-order valence-electron chi connectivity index (χ1n) is 4.17. The van der Waals surface area contributed by atoms with Crippen molar-refractivity contribution in [2.45, 2.75) is 16.9 Å². The van der Waals surface area contributed by atoms with Gasteiger partial charge in [-0.2, -0.15) is 0 Å². The Morgan fingerprint density at radius 3 is 2.67 bits per heavy atom. The van der Waals surface area contributed by atoms with Crippen LogP contribution < -0.4 is 4.90 Å². The number of para-hydroxylation sites is 1. The molecule has 64 valence electrons. The van der Waals surface area contributed by atoms with Crippen LogP contribution in [0.25, 0.3) is 0 Å². The van der Waals surface area contributed by atoms with Crippen LogP contribution in [0.3, 0.4) is 0 Å². The number of anilines is 1. The zero-order valence-corrected chi connectivity index (χ0v) is 9.45. The highest BCUT2D eigenvalue weighted by Gasteiger charge is 2.30. The SMILES string of the molecule is C[C@H]1c2ccccc2N(C)C1I. The number of benzene rings is 1. The minimum absolute atomic E-state index is 0.611. The summed E-state index contributed by atoms with van der Waals surface area (Å²) >= 11 is 2.51. The Morgan fingerprint density at radius 2 is 2.00 bits per heavy atom. The highest BCUT2D eigenvalue weighted by atomic mass is 127. The van der Waals surface area contributed by atoms with E-state index in [1.54, 1.807) is 0 Å². The van der Waals surface area contributed by atoms with Crippen molar-refractivity contribution in [3.05, 3.63) is 29.8 Å². The van der Waals surface area contributed by atoms with Gasteiger partial charge in [-0.15, -0.1) is 0 Å². The molecule has 0 radical (unpaired) electrons. The van der Waals surface area contributed by atoms with E-state index in [1.807, 2.05) is 0 Å². The van der Waals surface area contributed by atoms with Crippen molar-refractivity contribution < 1.29 is 0 Å². The average Bonchev–Trinajstić information content (AvgIpc) is 2.33. The largest absolute Gasteiger partial charge is 0.362 e. The number of hydrogen-bond donors (Lipinski definition) is 0. The van der Waals surface area contributed by atoms with Gasteiger partial charge in [-0.25, -0.2) is 0 Å². The van der Waals surface area contributed by atoms with Crippen molar-refractivity contribution in [1.29, 1.82) is 0 Å². The Kier molecular flexibility index (Phi) is 2.02. The molecular formula is C10H12IN. The fraction of sp³-hybridized carbons (Fsp3) is 0.400. The lowest BCUT2D eigenvalue weighted by Gasteiger charge is -2.18. The standard InChI is InChI=1S/C10H12IN/c1-7-8-5-3-4-6-9(8)12(2)10(7)11/h3-7,10H,1-2H3/t7-,10?/m0/s1. The summed E-state index contributed by atoms with van der Waals surface area (Å²) in [6.45, 7) is 2.29. The van der Waals surface area contributed by atoms with Gasteiger partial charge in [-0.1, -0.05) is 47.7 Å². The van der Waals surface area contributed by atoms with Crippen LogP contribution >= 0.6 is 22.6 Å². The van der Waals surface area contributed by atoms with Crippen LogP contribution in [0.2, 0.25) is 0 Å². The van der Waals surface area contributed by atoms with E-state index in [9.17, 15) is 0 Å². The molecule has 12 heavy (non-hydrogen) atoms. The molecule has 1 heterocycles. The Hall–Kier alpha value is -0.250. The molecule has 0 spiro atoms. The van der Waals surface area contributed by atoms with Crippen molar-refractivity contribution in [3.63, 3.8) is 0 Å². The average molecular weight is 273 g/mol. The predicted octanol–water partition coefficient (Wildman–Crippen LogP) is 3.00. The van der Waals surface area contributed by atoms with Crippen LogP contribution in [0.15, 0.2) is 24.3 Å². The van der Waals surface area contributed by atoms with Crippen LogP contribution in [0, 0.1) is 0 Å². The molecule has 0 saturated heterocycles. The minimum atomic E-state index is 0.611. The maximum absolute atomic E-state index is 2.51. The lowest BCUT2D eigenvalue weighted by molar-refractivity contribution is 0.771. The summed E-state index contributed by atoms with van der Waals surface area (Å²) in [6, 6.07) is 8.66. The van der Waals surface area contributed by atoms with Crippen LogP contribution in [0.4, 0.5) is 5.69 Å². The molecule has 0 bridgehead atoms. The number of rotatable bonds is 0. The number of likely N-dealkylation sites (N-methyl/N-ethyl adjacent to an activating group) is 1. The molecule has 0 saturated carbocycles.